The van der Waals surface area contributed by atoms with E-state index in [2.05, 4.69) is 4.99 Å². The van der Waals surface area contributed by atoms with Gasteiger partial charge in [-0.3, -0.25) is 0 Å². The Kier molecular flexibility index (Phi) is 2.21. The minimum absolute atomic E-state index is 0.152. The molecule has 0 aromatic heterocycles. The molecule has 1 atom stereocenters. The summed E-state index contributed by atoms with van der Waals surface area (Å²) in [5.41, 5.74) is 0.831. The Balaban J connectivity index is 2.44. The summed E-state index contributed by atoms with van der Waals surface area (Å²) in [5, 5.41) is 9.22. The Bertz CT molecular complexity index is 396. The number of benzene rings is 1. The van der Waals surface area contributed by atoms with E-state index < -0.39 is 0 Å². The summed E-state index contributed by atoms with van der Waals surface area (Å²) >= 11 is 0. The van der Waals surface area contributed by atoms with Crippen LogP contribution in [0, 0.1) is 0 Å². The first-order chi connectivity index (χ1) is 6.81. The second kappa shape index (κ2) is 3.52. The van der Waals surface area contributed by atoms with Crippen LogP contribution in [0.2, 0.25) is 0 Å². The van der Waals surface area contributed by atoms with Gasteiger partial charge in [0.25, 0.3) is 0 Å². The van der Waals surface area contributed by atoms with Crippen molar-refractivity contribution in [3.8, 4) is 11.5 Å². The average molecular weight is 191 g/mol. The van der Waals surface area contributed by atoms with Crippen molar-refractivity contribution < 1.29 is 14.6 Å². The van der Waals surface area contributed by atoms with Gasteiger partial charge in [0.05, 0.1) is 12.6 Å². The minimum Gasteiger partial charge on any atom is -0.508 e. The van der Waals surface area contributed by atoms with Crippen molar-refractivity contribution >= 4 is 6.08 Å². The number of carbonyl (C=O) groups excluding carboxylic acids is 1. The second-order valence-electron chi connectivity index (χ2n) is 3.10. The largest absolute Gasteiger partial charge is 0.508 e. The number of nitrogens with zero attached hydrogens (tertiary/aromatic N) is 1. The summed E-state index contributed by atoms with van der Waals surface area (Å²) in [6.07, 6.45) is 2.22. The number of hydrogen-bond acceptors (Lipinski definition) is 4. The summed E-state index contributed by atoms with van der Waals surface area (Å²) in [5.74, 6) is 0.750. The van der Waals surface area contributed by atoms with Crippen LogP contribution in [0.5, 0.6) is 11.5 Å². The lowest BCUT2D eigenvalue weighted by atomic mass is 10.0. The maximum atomic E-state index is 10.2. The van der Waals surface area contributed by atoms with E-state index in [0.717, 1.165) is 5.56 Å². The summed E-state index contributed by atoms with van der Waals surface area (Å²) in [4.78, 5) is 13.9. The number of phenolic OH excluding ortho intramolecular Hbond substituents is 1. The van der Waals surface area contributed by atoms with Crippen molar-refractivity contribution in [2.24, 2.45) is 4.99 Å². The van der Waals surface area contributed by atoms with Gasteiger partial charge in [-0.1, -0.05) is 0 Å². The summed E-state index contributed by atoms with van der Waals surface area (Å²) < 4.78 is 5.33. The third kappa shape index (κ3) is 1.47. The van der Waals surface area contributed by atoms with E-state index in [1.54, 1.807) is 18.2 Å². The van der Waals surface area contributed by atoms with Crippen LogP contribution in [0.4, 0.5) is 0 Å². The van der Waals surface area contributed by atoms with Crippen LogP contribution in [-0.4, -0.2) is 17.8 Å². The number of aromatic hydroxyl groups is 1. The van der Waals surface area contributed by atoms with Gasteiger partial charge < -0.3 is 9.84 Å². The van der Waals surface area contributed by atoms with Gasteiger partial charge in [0.15, 0.2) is 0 Å². The highest BCUT2D eigenvalue weighted by molar-refractivity contribution is 5.45. The van der Waals surface area contributed by atoms with E-state index in [0.29, 0.717) is 18.8 Å². The number of hydrogen-bond donors (Lipinski definition) is 1. The minimum atomic E-state index is -0.183. The number of aliphatic imine (C=N–C) groups is 1. The molecule has 0 fully saturated rings. The Labute approximate surface area is 80.8 Å². The Morgan fingerprint density at radius 3 is 3.21 bits per heavy atom. The molecule has 1 aliphatic rings. The molecule has 1 aromatic carbocycles. The lowest BCUT2D eigenvalue weighted by Gasteiger charge is -2.21. The molecule has 1 aliphatic heterocycles. The van der Waals surface area contributed by atoms with Crippen LogP contribution >= 0.6 is 0 Å². The van der Waals surface area contributed by atoms with Gasteiger partial charge in [-0.25, -0.2) is 4.79 Å². The number of rotatable bonds is 1. The highest BCUT2D eigenvalue weighted by Gasteiger charge is 2.20. The third-order valence-corrected chi connectivity index (χ3v) is 2.21. The molecule has 0 saturated heterocycles. The van der Waals surface area contributed by atoms with Crippen LogP contribution in [0.25, 0.3) is 0 Å². The molecular weight excluding hydrogens is 182 g/mol. The molecule has 1 aromatic rings. The van der Waals surface area contributed by atoms with E-state index in [4.69, 9.17) is 4.74 Å². The van der Waals surface area contributed by atoms with Crippen LogP contribution in [0.15, 0.2) is 23.2 Å². The molecule has 0 aliphatic carbocycles. The van der Waals surface area contributed by atoms with Crippen LogP contribution < -0.4 is 4.74 Å². The molecule has 72 valence electrons. The first kappa shape index (κ1) is 8.78. The summed E-state index contributed by atoms with van der Waals surface area (Å²) in [6.45, 7) is 0.506. The molecule has 0 amide bonds. The molecule has 1 N–H and O–H groups in total. The van der Waals surface area contributed by atoms with Crippen LogP contribution in [-0.2, 0) is 4.79 Å². The van der Waals surface area contributed by atoms with Gasteiger partial charge in [0.1, 0.15) is 11.5 Å². The summed E-state index contributed by atoms with van der Waals surface area (Å²) in [7, 11) is 0. The van der Waals surface area contributed by atoms with E-state index in [9.17, 15) is 9.90 Å². The Morgan fingerprint density at radius 1 is 1.57 bits per heavy atom. The quantitative estimate of drug-likeness (QED) is 0.541. The molecule has 14 heavy (non-hydrogen) atoms. The van der Waals surface area contributed by atoms with E-state index in [1.807, 2.05) is 0 Å². The van der Waals surface area contributed by atoms with E-state index in [1.165, 1.54) is 6.07 Å². The molecule has 0 radical (unpaired) electrons. The SMILES string of the molecule is O=C=NC1CCOc2cc(O)ccc21. The fourth-order valence-electron chi connectivity index (χ4n) is 1.56. The van der Waals surface area contributed by atoms with Gasteiger partial charge in [-0.15, -0.1) is 0 Å². The topological polar surface area (TPSA) is 58.9 Å². The predicted molar refractivity (Wildman–Crippen MR) is 49.1 cm³/mol. The van der Waals surface area contributed by atoms with Crippen molar-refractivity contribution in [1.29, 1.82) is 0 Å². The molecular formula is C10H9NO3. The molecule has 1 unspecified atom stereocenters. The zero-order chi connectivity index (χ0) is 9.97. The van der Waals surface area contributed by atoms with Crippen molar-refractivity contribution in [2.45, 2.75) is 12.5 Å². The predicted octanol–water partition coefficient (Wildman–Crippen LogP) is 1.55. The highest BCUT2D eigenvalue weighted by atomic mass is 16.5. The Morgan fingerprint density at radius 2 is 2.43 bits per heavy atom. The van der Waals surface area contributed by atoms with E-state index in [-0.39, 0.29) is 11.8 Å². The number of isocyanates is 1. The smallest absolute Gasteiger partial charge is 0.235 e. The average Bonchev–Trinajstić information content (AvgIpc) is 2.18. The Hall–Kier alpha value is -1.80. The lowest BCUT2D eigenvalue weighted by molar-refractivity contribution is 0.268. The van der Waals surface area contributed by atoms with Crippen LogP contribution in [0.3, 0.4) is 0 Å². The van der Waals surface area contributed by atoms with Crippen molar-refractivity contribution in [3.63, 3.8) is 0 Å². The number of phenols is 1. The van der Waals surface area contributed by atoms with Crippen LogP contribution in [0.1, 0.15) is 18.0 Å². The maximum absolute atomic E-state index is 10.2. The fraction of sp³-hybridized carbons (Fsp3) is 0.300. The lowest BCUT2D eigenvalue weighted by Crippen LogP contribution is -2.12. The first-order valence-corrected chi connectivity index (χ1v) is 4.34. The maximum Gasteiger partial charge on any atom is 0.235 e. The normalized spacial score (nSPS) is 19.0. The first-order valence-electron chi connectivity index (χ1n) is 4.34. The van der Waals surface area contributed by atoms with Crippen molar-refractivity contribution in [1.82, 2.24) is 0 Å². The monoisotopic (exact) mass is 191 g/mol. The zero-order valence-corrected chi connectivity index (χ0v) is 7.43. The molecule has 2 rings (SSSR count). The third-order valence-electron chi connectivity index (χ3n) is 2.21. The van der Waals surface area contributed by atoms with Gasteiger partial charge in [0.2, 0.25) is 6.08 Å². The van der Waals surface area contributed by atoms with Crippen molar-refractivity contribution in [2.75, 3.05) is 6.61 Å². The highest BCUT2D eigenvalue weighted by Crippen LogP contribution is 2.36. The standard InChI is InChI=1S/C10H9NO3/c12-6-11-9-3-4-14-10-5-7(13)1-2-8(9)10/h1-2,5,9,13H,3-4H2. The second-order valence-corrected chi connectivity index (χ2v) is 3.10. The fourth-order valence-corrected chi connectivity index (χ4v) is 1.56. The molecule has 4 nitrogen and oxygen atoms in total. The van der Waals surface area contributed by atoms with Gasteiger partial charge in [0, 0.05) is 18.1 Å². The number of fused-ring (bicyclic) bond motifs is 1. The zero-order valence-electron chi connectivity index (χ0n) is 7.43. The molecule has 4 heteroatoms. The number of ether oxygens (including phenoxy) is 1. The molecule has 1 heterocycles. The summed E-state index contributed by atoms with van der Waals surface area (Å²) in [6, 6.07) is 4.62. The van der Waals surface area contributed by atoms with Crippen molar-refractivity contribution in [3.05, 3.63) is 23.8 Å². The van der Waals surface area contributed by atoms with E-state index >= 15 is 0 Å². The molecule has 0 saturated carbocycles. The van der Waals surface area contributed by atoms with Gasteiger partial charge >= 0.3 is 0 Å². The molecule has 0 bridgehead atoms. The van der Waals surface area contributed by atoms with Gasteiger partial charge in [-0.2, -0.15) is 4.99 Å². The molecule has 0 spiro atoms. The van der Waals surface area contributed by atoms with Gasteiger partial charge in [-0.05, 0) is 12.1 Å².